The number of benzene rings is 1. The highest BCUT2D eigenvalue weighted by Gasteiger charge is 2.13. The van der Waals surface area contributed by atoms with Gasteiger partial charge in [-0.15, -0.1) is 0 Å². The molecule has 0 bridgehead atoms. The summed E-state index contributed by atoms with van der Waals surface area (Å²) in [5.41, 5.74) is 1.54. The van der Waals surface area contributed by atoms with E-state index in [4.69, 9.17) is 4.74 Å². The lowest BCUT2D eigenvalue weighted by molar-refractivity contribution is 0.386. The first kappa shape index (κ1) is 14.2. The van der Waals surface area contributed by atoms with Gasteiger partial charge in [-0.2, -0.15) is 5.10 Å². The third kappa shape index (κ3) is 2.45. The van der Waals surface area contributed by atoms with Crippen LogP contribution < -0.4 is 10.1 Å². The molecule has 1 atom stereocenters. The fourth-order valence-corrected chi connectivity index (χ4v) is 2.32. The van der Waals surface area contributed by atoms with E-state index in [-0.39, 0.29) is 17.6 Å². The van der Waals surface area contributed by atoms with Crippen LogP contribution in [0.5, 0.6) is 5.75 Å². The van der Waals surface area contributed by atoms with Crippen molar-refractivity contribution in [3.8, 4) is 5.75 Å². The Bertz CT molecular complexity index is 817. The minimum atomic E-state index is -0.386. The maximum Gasteiger partial charge on any atom is 0.165 e. The molecule has 1 unspecified atom stereocenters. The summed E-state index contributed by atoms with van der Waals surface area (Å²) in [7, 11) is 3.27. The summed E-state index contributed by atoms with van der Waals surface area (Å²) in [5.74, 6) is 0.511. The van der Waals surface area contributed by atoms with Crippen LogP contribution in [0.25, 0.3) is 11.0 Å². The Morgan fingerprint density at radius 1 is 1.32 bits per heavy atom. The Morgan fingerprint density at radius 3 is 2.86 bits per heavy atom. The van der Waals surface area contributed by atoms with Gasteiger partial charge in [0.05, 0.1) is 24.7 Å². The van der Waals surface area contributed by atoms with Crippen LogP contribution >= 0.6 is 0 Å². The van der Waals surface area contributed by atoms with E-state index >= 15 is 0 Å². The molecule has 1 N–H and O–H groups in total. The van der Waals surface area contributed by atoms with Crippen molar-refractivity contribution in [3.05, 3.63) is 42.1 Å². The largest absolute Gasteiger partial charge is 0.494 e. The highest BCUT2D eigenvalue weighted by Crippen LogP contribution is 2.26. The van der Waals surface area contributed by atoms with Crippen molar-refractivity contribution in [1.29, 1.82) is 0 Å². The number of methoxy groups -OCH3 is 1. The first-order valence-electron chi connectivity index (χ1n) is 6.83. The van der Waals surface area contributed by atoms with Crippen molar-refractivity contribution >= 4 is 16.9 Å². The van der Waals surface area contributed by atoms with Crippen LogP contribution in [0.3, 0.4) is 0 Å². The predicted octanol–water partition coefficient (Wildman–Crippen LogP) is 2.68. The van der Waals surface area contributed by atoms with E-state index in [1.54, 1.807) is 16.9 Å². The number of anilines is 1. The Morgan fingerprint density at radius 2 is 2.14 bits per heavy atom. The van der Waals surface area contributed by atoms with Crippen LogP contribution in [0.1, 0.15) is 18.5 Å². The second-order valence-corrected chi connectivity index (χ2v) is 4.99. The van der Waals surface area contributed by atoms with E-state index in [1.807, 2.05) is 20.0 Å². The second-order valence-electron chi connectivity index (χ2n) is 4.99. The molecule has 0 aliphatic heterocycles. The van der Waals surface area contributed by atoms with Crippen molar-refractivity contribution in [2.45, 2.75) is 13.0 Å². The van der Waals surface area contributed by atoms with E-state index in [2.05, 4.69) is 20.4 Å². The minimum Gasteiger partial charge on any atom is -0.494 e. The Hall–Kier alpha value is -2.70. The lowest BCUT2D eigenvalue weighted by atomic mass is 10.1. The molecule has 0 amide bonds. The van der Waals surface area contributed by atoms with Gasteiger partial charge in [-0.3, -0.25) is 4.68 Å². The molecular formula is C15H16FN5O. The Kier molecular flexibility index (Phi) is 3.62. The molecule has 0 saturated carbocycles. The molecule has 0 aliphatic carbocycles. The average Bonchev–Trinajstić information content (AvgIpc) is 2.90. The van der Waals surface area contributed by atoms with E-state index in [9.17, 15) is 4.39 Å². The fourth-order valence-electron chi connectivity index (χ4n) is 2.32. The molecule has 2 aromatic heterocycles. The van der Waals surface area contributed by atoms with Gasteiger partial charge in [0.2, 0.25) is 0 Å². The molecule has 6 nitrogen and oxygen atoms in total. The number of hydrogen-bond acceptors (Lipinski definition) is 5. The molecule has 0 saturated heterocycles. The number of ether oxygens (including phenoxy) is 1. The summed E-state index contributed by atoms with van der Waals surface area (Å²) in [4.78, 5) is 8.44. The van der Waals surface area contributed by atoms with Crippen molar-refractivity contribution in [2.24, 2.45) is 7.05 Å². The van der Waals surface area contributed by atoms with E-state index in [0.717, 1.165) is 16.6 Å². The van der Waals surface area contributed by atoms with Crippen LogP contribution in [-0.2, 0) is 7.05 Å². The van der Waals surface area contributed by atoms with Crippen molar-refractivity contribution < 1.29 is 9.13 Å². The summed E-state index contributed by atoms with van der Waals surface area (Å²) < 4.78 is 20.4. The minimum absolute atomic E-state index is 0.126. The van der Waals surface area contributed by atoms with E-state index in [1.165, 1.54) is 19.5 Å². The van der Waals surface area contributed by atoms with Gasteiger partial charge in [0.25, 0.3) is 0 Å². The van der Waals surface area contributed by atoms with Crippen LogP contribution in [0, 0.1) is 5.82 Å². The molecule has 114 valence electrons. The van der Waals surface area contributed by atoms with Gasteiger partial charge in [0.15, 0.2) is 17.2 Å². The molecular weight excluding hydrogens is 285 g/mol. The van der Waals surface area contributed by atoms with Crippen LogP contribution in [0.15, 0.2) is 30.7 Å². The van der Waals surface area contributed by atoms with E-state index < -0.39 is 0 Å². The Labute approximate surface area is 127 Å². The number of halogens is 1. The molecule has 0 radical (unpaired) electrons. The van der Waals surface area contributed by atoms with Gasteiger partial charge in [-0.25, -0.2) is 14.4 Å². The summed E-state index contributed by atoms with van der Waals surface area (Å²) in [6, 6.07) is 4.76. The third-order valence-electron chi connectivity index (χ3n) is 3.56. The van der Waals surface area contributed by atoms with Gasteiger partial charge in [0.1, 0.15) is 12.1 Å². The van der Waals surface area contributed by atoms with Gasteiger partial charge in [-0.05, 0) is 24.6 Å². The van der Waals surface area contributed by atoms with E-state index in [0.29, 0.717) is 5.82 Å². The van der Waals surface area contributed by atoms with Crippen LogP contribution in [0.4, 0.5) is 10.2 Å². The molecule has 3 rings (SSSR count). The van der Waals surface area contributed by atoms with Crippen LogP contribution in [0.2, 0.25) is 0 Å². The van der Waals surface area contributed by atoms with Crippen molar-refractivity contribution in [1.82, 2.24) is 19.7 Å². The van der Waals surface area contributed by atoms with Crippen molar-refractivity contribution in [2.75, 3.05) is 12.4 Å². The third-order valence-corrected chi connectivity index (χ3v) is 3.56. The number of fused-ring (bicyclic) bond motifs is 1. The predicted molar refractivity (Wildman–Crippen MR) is 81.3 cm³/mol. The number of aromatic nitrogens is 4. The van der Waals surface area contributed by atoms with Gasteiger partial charge >= 0.3 is 0 Å². The molecule has 1 aromatic carbocycles. The van der Waals surface area contributed by atoms with Gasteiger partial charge in [0, 0.05) is 7.05 Å². The summed E-state index contributed by atoms with van der Waals surface area (Å²) in [6.45, 7) is 1.94. The maximum atomic E-state index is 13.8. The summed E-state index contributed by atoms with van der Waals surface area (Å²) in [6.07, 6.45) is 3.19. The number of aryl methyl sites for hydroxylation is 1. The normalized spacial score (nSPS) is 12.4. The second kappa shape index (κ2) is 5.59. The first-order chi connectivity index (χ1) is 10.6. The lowest BCUT2D eigenvalue weighted by Crippen LogP contribution is -2.09. The number of nitrogens with zero attached hydrogens (tertiary/aromatic N) is 4. The SMILES string of the molecule is COc1ccc(C(C)Nc2ncnc3c2cnn3C)cc1F. The number of rotatable bonds is 4. The van der Waals surface area contributed by atoms with Gasteiger partial charge < -0.3 is 10.1 Å². The number of hydrogen-bond donors (Lipinski definition) is 1. The van der Waals surface area contributed by atoms with Crippen LogP contribution in [-0.4, -0.2) is 26.9 Å². The number of nitrogens with one attached hydrogen (secondary N) is 1. The Balaban J connectivity index is 1.89. The zero-order chi connectivity index (χ0) is 15.7. The quantitative estimate of drug-likeness (QED) is 0.802. The monoisotopic (exact) mass is 301 g/mol. The molecule has 0 fully saturated rings. The molecule has 22 heavy (non-hydrogen) atoms. The first-order valence-corrected chi connectivity index (χ1v) is 6.83. The smallest absolute Gasteiger partial charge is 0.165 e. The maximum absolute atomic E-state index is 13.8. The standard InChI is InChI=1S/C15H16FN5O/c1-9(10-4-5-13(22-3)12(16)6-10)20-14-11-7-19-21(2)15(11)18-8-17-14/h4-9H,1-3H3,(H,17,18,20). The highest BCUT2D eigenvalue weighted by atomic mass is 19.1. The molecule has 0 spiro atoms. The zero-order valence-corrected chi connectivity index (χ0v) is 12.5. The average molecular weight is 301 g/mol. The highest BCUT2D eigenvalue weighted by molar-refractivity contribution is 5.86. The topological polar surface area (TPSA) is 64.9 Å². The van der Waals surface area contributed by atoms with Crippen molar-refractivity contribution in [3.63, 3.8) is 0 Å². The fraction of sp³-hybridized carbons (Fsp3) is 0.267. The molecule has 2 heterocycles. The molecule has 0 aliphatic rings. The molecule has 3 aromatic rings. The lowest BCUT2D eigenvalue weighted by Gasteiger charge is -2.16. The zero-order valence-electron chi connectivity index (χ0n) is 12.5. The summed E-state index contributed by atoms with van der Waals surface area (Å²) in [5, 5.41) is 8.26. The summed E-state index contributed by atoms with van der Waals surface area (Å²) >= 11 is 0. The van der Waals surface area contributed by atoms with Gasteiger partial charge in [-0.1, -0.05) is 6.07 Å². The molecule has 7 heteroatoms.